The van der Waals surface area contributed by atoms with Gasteiger partial charge in [0, 0.05) is 17.5 Å². The number of rotatable bonds is 4. The van der Waals surface area contributed by atoms with Crippen LogP contribution < -0.4 is 73.4 Å². The number of hydrogen-bond acceptors (Lipinski definition) is 7. The molecular formula is C18H19Cl2Na2O7P. The fourth-order valence-corrected chi connectivity index (χ4v) is 7.43. The van der Waals surface area contributed by atoms with Crippen molar-refractivity contribution in [1.82, 2.24) is 0 Å². The molecule has 0 N–H and O–H groups in total. The summed E-state index contributed by atoms with van der Waals surface area (Å²) in [6.45, 7) is 0. The molecule has 4 saturated carbocycles. The third-order valence-electron chi connectivity index (χ3n) is 6.95. The first-order valence-corrected chi connectivity index (χ1v) is 11.4. The van der Waals surface area contributed by atoms with E-state index in [0.29, 0.717) is 11.5 Å². The van der Waals surface area contributed by atoms with E-state index in [-0.39, 0.29) is 86.6 Å². The number of methoxy groups -OCH3 is 1. The molecule has 4 aliphatic carbocycles. The third-order valence-corrected chi connectivity index (χ3v) is 8.14. The molecule has 6 rings (SSSR count). The maximum atomic E-state index is 11.1. The summed E-state index contributed by atoms with van der Waals surface area (Å²) < 4.78 is 21.5. The fourth-order valence-electron chi connectivity index (χ4n) is 6.24. The first kappa shape index (κ1) is 26.2. The number of hydrogen-bond donors (Lipinski definition) is 0. The number of phosphoric ester groups is 1. The predicted octanol–water partition coefficient (Wildman–Crippen LogP) is -3.13. The van der Waals surface area contributed by atoms with Crippen molar-refractivity contribution < 1.29 is 92.5 Å². The Labute approximate surface area is 229 Å². The fraction of sp³-hybridized carbons (Fsp3) is 0.667. The number of phosphoric acid groups is 1. The van der Waals surface area contributed by atoms with Crippen molar-refractivity contribution in [3.63, 3.8) is 0 Å². The largest absolute Gasteiger partial charge is 1.00 e. The number of ether oxygens (including phenoxy) is 1. The molecule has 5 aliphatic rings. The summed E-state index contributed by atoms with van der Waals surface area (Å²) in [5.74, 6) is -0.644. The van der Waals surface area contributed by atoms with Gasteiger partial charge in [-0.1, -0.05) is 17.7 Å². The van der Waals surface area contributed by atoms with Crippen LogP contribution in [-0.4, -0.2) is 17.6 Å². The Hall–Kier alpha value is 1.63. The Kier molecular flexibility index (Phi) is 7.60. The molecular weight excluding hydrogens is 476 g/mol. The smallest absolute Gasteiger partial charge is 0.780 e. The second-order valence-electron chi connectivity index (χ2n) is 8.46. The number of alkyl halides is 1. The van der Waals surface area contributed by atoms with Gasteiger partial charge in [-0.3, -0.25) is 0 Å². The van der Waals surface area contributed by atoms with Crippen LogP contribution in [-0.2, 0) is 24.9 Å². The van der Waals surface area contributed by atoms with Gasteiger partial charge >= 0.3 is 59.1 Å². The molecule has 7 nitrogen and oxygen atoms in total. The molecule has 1 saturated heterocycles. The van der Waals surface area contributed by atoms with E-state index < -0.39 is 19.2 Å². The monoisotopic (exact) mass is 494 g/mol. The van der Waals surface area contributed by atoms with E-state index in [1.54, 1.807) is 6.07 Å². The van der Waals surface area contributed by atoms with Crippen molar-refractivity contribution >= 4 is 31.0 Å². The SMILES string of the molecule is COC1(c2ccc(Cl)c(OP(=O)([O-])[O-])c2)OOC12C1CC3C[C@@H]2CC(Cl)(C3)C1.[Na+].[Na+]. The molecule has 6 atom stereocenters. The zero-order valence-corrected chi connectivity index (χ0v) is 23.5. The van der Waals surface area contributed by atoms with Crippen molar-refractivity contribution in [2.75, 3.05) is 7.11 Å². The Balaban J connectivity index is 0.00000128. The number of benzene rings is 1. The van der Waals surface area contributed by atoms with Crippen molar-refractivity contribution in [2.24, 2.45) is 17.8 Å². The van der Waals surface area contributed by atoms with Gasteiger partial charge in [0.2, 0.25) is 0 Å². The summed E-state index contributed by atoms with van der Waals surface area (Å²) in [5.41, 5.74) is -0.231. The molecule has 30 heavy (non-hydrogen) atoms. The van der Waals surface area contributed by atoms with Gasteiger partial charge in [0.1, 0.15) is 13.6 Å². The molecule has 1 aromatic rings. The summed E-state index contributed by atoms with van der Waals surface area (Å²) in [6.07, 6.45) is 4.60. The van der Waals surface area contributed by atoms with Gasteiger partial charge in [0.15, 0.2) is 5.60 Å². The van der Waals surface area contributed by atoms with Crippen LogP contribution in [0.15, 0.2) is 18.2 Å². The van der Waals surface area contributed by atoms with Crippen LogP contribution in [0.3, 0.4) is 0 Å². The summed E-state index contributed by atoms with van der Waals surface area (Å²) in [4.78, 5) is 33.4. The van der Waals surface area contributed by atoms with Gasteiger partial charge in [-0.15, -0.1) is 11.6 Å². The third kappa shape index (κ3) is 3.83. The van der Waals surface area contributed by atoms with Gasteiger partial charge in [-0.2, -0.15) is 4.89 Å². The maximum Gasteiger partial charge on any atom is 1.00 e. The van der Waals surface area contributed by atoms with Crippen LogP contribution in [0, 0.1) is 17.8 Å². The molecule has 1 aliphatic heterocycles. The minimum absolute atomic E-state index is 0. The van der Waals surface area contributed by atoms with Gasteiger partial charge in [0.05, 0.1) is 5.02 Å². The first-order chi connectivity index (χ1) is 13.1. The van der Waals surface area contributed by atoms with Gasteiger partial charge < -0.3 is 23.6 Å². The Morgan fingerprint density at radius 2 is 1.77 bits per heavy atom. The molecule has 154 valence electrons. The van der Waals surface area contributed by atoms with Crippen molar-refractivity contribution in [3.05, 3.63) is 28.8 Å². The summed E-state index contributed by atoms with van der Waals surface area (Å²) >= 11 is 12.9. The average Bonchev–Trinajstić information content (AvgIpc) is 2.54. The molecule has 4 bridgehead atoms. The zero-order valence-electron chi connectivity index (χ0n) is 17.1. The van der Waals surface area contributed by atoms with Crippen LogP contribution in [0.25, 0.3) is 0 Å². The van der Waals surface area contributed by atoms with Gasteiger partial charge in [0.25, 0.3) is 5.79 Å². The quantitative estimate of drug-likeness (QED) is 0.189. The molecule has 5 unspecified atom stereocenters. The summed E-state index contributed by atoms with van der Waals surface area (Å²) in [5, 5.41) is 0.000939. The van der Waals surface area contributed by atoms with E-state index in [1.807, 2.05) is 0 Å². The minimum atomic E-state index is -5.27. The number of halogens is 2. The predicted molar refractivity (Wildman–Crippen MR) is 95.4 cm³/mol. The maximum absolute atomic E-state index is 11.1. The molecule has 0 amide bonds. The van der Waals surface area contributed by atoms with Crippen LogP contribution in [0.1, 0.15) is 37.7 Å². The Morgan fingerprint density at radius 1 is 1.13 bits per heavy atom. The van der Waals surface area contributed by atoms with E-state index in [2.05, 4.69) is 4.52 Å². The minimum Gasteiger partial charge on any atom is -0.780 e. The molecule has 1 spiro atoms. The Bertz CT molecular complexity index is 864. The van der Waals surface area contributed by atoms with Crippen molar-refractivity contribution in [2.45, 2.75) is 48.4 Å². The van der Waals surface area contributed by atoms with Crippen molar-refractivity contribution in [3.8, 4) is 5.75 Å². The topological polar surface area (TPSA) is 100 Å². The van der Waals surface area contributed by atoms with Crippen LogP contribution >= 0.6 is 31.0 Å². The van der Waals surface area contributed by atoms with Gasteiger partial charge in [-0.05, 0) is 62.0 Å². The standard InChI is InChI=1S/C18H21Cl2O7P.2Na/c1-24-18(11-2-3-14(19)15(6-11)25-28(21,22)23)17(26-27-18)12-4-10-5-13(17)9-16(20,7-10)8-12;;/h2-3,6,10,12-13H,4-5,7-9H2,1H3,(H2,21,22,23);;/q;2*+1/p-2/t10?,12-,13?,16?,17?,18?;;/m1../s1. The van der Waals surface area contributed by atoms with E-state index in [4.69, 9.17) is 37.7 Å². The average molecular weight is 495 g/mol. The van der Waals surface area contributed by atoms with Crippen LogP contribution in [0.5, 0.6) is 5.75 Å². The van der Waals surface area contributed by atoms with Crippen molar-refractivity contribution in [1.29, 1.82) is 0 Å². The molecule has 5 fully saturated rings. The molecule has 1 aromatic carbocycles. The van der Waals surface area contributed by atoms with Crippen LogP contribution in [0.4, 0.5) is 0 Å². The summed E-state index contributed by atoms with van der Waals surface area (Å²) in [6, 6.07) is 4.50. The molecule has 0 radical (unpaired) electrons. The van der Waals surface area contributed by atoms with E-state index >= 15 is 0 Å². The van der Waals surface area contributed by atoms with E-state index in [1.165, 1.54) is 19.2 Å². The molecule has 1 heterocycles. The second kappa shape index (κ2) is 8.69. The van der Waals surface area contributed by atoms with E-state index in [9.17, 15) is 14.4 Å². The first-order valence-electron chi connectivity index (χ1n) is 9.23. The summed E-state index contributed by atoms with van der Waals surface area (Å²) in [7, 11) is -3.75. The second-order valence-corrected chi connectivity index (χ2v) is 10.7. The van der Waals surface area contributed by atoms with E-state index in [0.717, 1.165) is 32.1 Å². The Morgan fingerprint density at radius 3 is 2.23 bits per heavy atom. The van der Waals surface area contributed by atoms with Crippen LogP contribution in [0.2, 0.25) is 5.02 Å². The molecule has 0 aromatic heterocycles. The zero-order chi connectivity index (χ0) is 19.9. The molecule has 12 heteroatoms. The normalized spacial score (nSPS) is 41.0. The van der Waals surface area contributed by atoms with Gasteiger partial charge in [-0.25, -0.2) is 4.89 Å².